The molecule has 6 heteroatoms. The van der Waals surface area contributed by atoms with Crippen LogP contribution >= 0.6 is 0 Å². The smallest absolute Gasteiger partial charge is 0.310 e. The van der Waals surface area contributed by atoms with Crippen molar-refractivity contribution in [3.05, 3.63) is 0 Å². The van der Waals surface area contributed by atoms with Crippen molar-refractivity contribution >= 4 is 17.7 Å². The first-order valence-corrected chi connectivity index (χ1v) is 5.24. The normalized spacial score (nSPS) is 17.0. The molecule has 0 saturated carbocycles. The second kappa shape index (κ2) is 4.83. The zero-order valence-corrected chi connectivity index (χ0v) is 10.8. The summed E-state index contributed by atoms with van der Waals surface area (Å²) in [4.78, 5) is 33.4. The highest BCUT2D eigenvalue weighted by Gasteiger charge is 2.48. The molecule has 0 spiro atoms. The monoisotopic (exact) mass is 245 g/mol. The van der Waals surface area contributed by atoms with Crippen molar-refractivity contribution in [1.29, 1.82) is 0 Å². The van der Waals surface area contributed by atoms with Gasteiger partial charge >= 0.3 is 5.97 Å². The zero-order valence-electron chi connectivity index (χ0n) is 10.8. The Bertz CT molecular complexity index is 350. The van der Waals surface area contributed by atoms with E-state index in [-0.39, 0.29) is 10.3 Å². The summed E-state index contributed by atoms with van der Waals surface area (Å²) in [7, 11) is 3.04. The highest BCUT2D eigenvalue weighted by molar-refractivity contribution is 5.84. The number of rotatable bonds is 6. The maximum absolute atomic E-state index is 11.4. The van der Waals surface area contributed by atoms with Gasteiger partial charge in [-0.05, 0) is 13.8 Å². The van der Waals surface area contributed by atoms with Gasteiger partial charge < -0.3 is 19.5 Å². The molecule has 0 bridgehead atoms. The van der Waals surface area contributed by atoms with Crippen LogP contribution in [0.15, 0.2) is 0 Å². The average molecular weight is 245 g/mol. The van der Waals surface area contributed by atoms with E-state index < -0.39 is 29.9 Å². The molecule has 0 heterocycles. The number of carboxylic acids is 2. The van der Waals surface area contributed by atoms with Gasteiger partial charge in [-0.15, -0.1) is 0 Å². The third-order valence-electron chi connectivity index (χ3n) is 3.76. The third-order valence-corrected chi connectivity index (χ3v) is 3.76. The van der Waals surface area contributed by atoms with Crippen LogP contribution in [0.3, 0.4) is 0 Å². The van der Waals surface area contributed by atoms with E-state index in [1.165, 1.54) is 27.9 Å². The molecule has 0 aliphatic rings. The topological polar surface area (TPSA) is 94.5 Å². The Kier molecular flexibility index (Phi) is 4.42. The van der Waals surface area contributed by atoms with E-state index in [1.807, 2.05) is 0 Å². The lowest BCUT2D eigenvalue weighted by Crippen LogP contribution is -2.70. The van der Waals surface area contributed by atoms with Gasteiger partial charge in [0.05, 0.1) is 14.1 Å². The van der Waals surface area contributed by atoms with Gasteiger partial charge in [0.25, 0.3) is 0 Å². The molecule has 0 rings (SSSR count). The minimum atomic E-state index is -1.66. The van der Waals surface area contributed by atoms with Crippen molar-refractivity contribution in [2.45, 2.75) is 38.8 Å². The lowest BCUT2D eigenvalue weighted by molar-refractivity contribution is -0.944. The summed E-state index contributed by atoms with van der Waals surface area (Å²) in [6, 6.07) is -0.628. The number of nitrogens with zero attached hydrogens (tertiary/aromatic N) is 1. The summed E-state index contributed by atoms with van der Waals surface area (Å²) in [5.41, 5.74) is -1.66. The fraction of sp³-hybridized carbons (Fsp3) is 0.727. The van der Waals surface area contributed by atoms with Crippen molar-refractivity contribution in [3.63, 3.8) is 0 Å². The molecule has 0 aliphatic carbocycles. The summed E-state index contributed by atoms with van der Waals surface area (Å²) in [5.74, 6) is -2.91. The number of quaternary nitrogens is 1. The van der Waals surface area contributed by atoms with Gasteiger partial charge in [-0.25, -0.2) is 0 Å². The first-order valence-electron chi connectivity index (χ1n) is 5.24. The van der Waals surface area contributed by atoms with E-state index in [1.54, 1.807) is 6.92 Å². The molecule has 98 valence electrons. The predicted octanol–water partition coefficient (Wildman–Crippen LogP) is -0.976. The van der Waals surface area contributed by atoms with Crippen LogP contribution in [-0.2, 0) is 14.4 Å². The Morgan fingerprint density at radius 1 is 1.35 bits per heavy atom. The Hall–Kier alpha value is -1.43. The number of carboxylic acid groups (broad SMARTS) is 2. The molecular weight excluding hydrogens is 226 g/mol. The van der Waals surface area contributed by atoms with Gasteiger partial charge in [-0.3, -0.25) is 9.59 Å². The molecule has 2 atom stereocenters. The largest absolute Gasteiger partial charge is 0.544 e. The molecule has 0 aliphatic heterocycles. The number of hydrogen-bond donors (Lipinski definition) is 1. The first kappa shape index (κ1) is 15.6. The lowest BCUT2D eigenvalue weighted by atomic mass is 9.90. The summed E-state index contributed by atoms with van der Waals surface area (Å²) < 4.78 is -0.267. The minimum absolute atomic E-state index is 0.201. The standard InChI is InChI=1S/C11H19NO5/c1-7(8(2)13)12(4,5)11(3,10(16)17)6-9(14)15/h7H,6H2,1-5H3,(H-,14,15,16,17). The molecule has 0 fully saturated rings. The van der Waals surface area contributed by atoms with E-state index >= 15 is 0 Å². The van der Waals surface area contributed by atoms with E-state index in [0.29, 0.717) is 0 Å². The number of carbonyl (C=O) groups excluding carboxylic acids is 2. The van der Waals surface area contributed by atoms with Crippen LogP contribution in [0.4, 0.5) is 0 Å². The van der Waals surface area contributed by atoms with Gasteiger partial charge in [0, 0.05) is 6.92 Å². The molecule has 0 amide bonds. The Labute approximate surface area is 100 Å². The zero-order chi connectivity index (χ0) is 14.0. The molecule has 0 aromatic carbocycles. The number of carbonyl (C=O) groups is 3. The van der Waals surface area contributed by atoms with Crippen LogP contribution in [-0.4, -0.2) is 53.0 Å². The Morgan fingerprint density at radius 2 is 1.76 bits per heavy atom. The van der Waals surface area contributed by atoms with Gasteiger partial charge in [-0.1, -0.05) is 0 Å². The second-order valence-corrected chi connectivity index (χ2v) is 4.96. The van der Waals surface area contributed by atoms with E-state index in [9.17, 15) is 19.5 Å². The van der Waals surface area contributed by atoms with Crippen molar-refractivity contribution in [3.8, 4) is 0 Å². The molecule has 2 unspecified atom stereocenters. The number of Topliss-reactive ketones (excluding diaryl/α,β-unsaturated/α-hetero) is 1. The summed E-state index contributed by atoms with van der Waals surface area (Å²) in [6.45, 7) is 4.21. The molecule has 0 aromatic heterocycles. The van der Waals surface area contributed by atoms with Crippen LogP contribution in [0.2, 0.25) is 0 Å². The molecule has 0 radical (unpaired) electrons. The number of hydrogen-bond acceptors (Lipinski definition) is 4. The van der Waals surface area contributed by atoms with Gasteiger partial charge in [0.2, 0.25) is 0 Å². The summed E-state index contributed by atoms with van der Waals surface area (Å²) in [6.07, 6.45) is -0.597. The number of aliphatic carboxylic acids is 2. The Balaban J connectivity index is 5.53. The minimum Gasteiger partial charge on any atom is -0.544 e. The van der Waals surface area contributed by atoms with Crippen molar-refractivity contribution in [2.75, 3.05) is 14.1 Å². The van der Waals surface area contributed by atoms with Gasteiger partial charge in [-0.2, -0.15) is 0 Å². The van der Waals surface area contributed by atoms with Crippen LogP contribution in [0.25, 0.3) is 0 Å². The van der Waals surface area contributed by atoms with Crippen molar-refractivity contribution in [2.24, 2.45) is 0 Å². The molecule has 0 aromatic rings. The first-order chi connectivity index (χ1) is 7.46. The summed E-state index contributed by atoms with van der Waals surface area (Å²) >= 11 is 0. The maximum atomic E-state index is 11.4. The van der Waals surface area contributed by atoms with E-state index in [4.69, 9.17) is 5.11 Å². The summed E-state index contributed by atoms with van der Waals surface area (Å²) in [5, 5.41) is 20.0. The highest BCUT2D eigenvalue weighted by atomic mass is 16.4. The van der Waals surface area contributed by atoms with Crippen LogP contribution in [0.5, 0.6) is 0 Å². The molecule has 6 nitrogen and oxygen atoms in total. The van der Waals surface area contributed by atoms with Crippen LogP contribution in [0, 0.1) is 0 Å². The van der Waals surface area contributed by atoms with E-state index in [2.05, 4.69) is 0 Å². The quantitative estimate of drug-likeness (QED) is 0.607. The highest BCUT2D eigenvalue weighted by Crippen LogP contribution is 2.28. The average Bonchev–Trinajstić information content (AvgIpc) is 2.14. The van der Waals surface area contributed by atoms with Crippen molar-refractivity contribution in [1.82, 2.24) is 0 Å². The van der Waals surface area contributed by atoms with Gasteiger partial charge in [0.1, 0.15) is 24.0 Å². The molecular formula is C11H19NO5. The number of ketones is 1. The fourth-order valence-corrected chi connectivity index (χ4v) is 1.69. The molecule has 0 saturated heterocycles. The predicted molar refractivity (Wildman–Crippen MR) is 57.9 cm³/mol. The van der Waals surface area contributed by atoms with Crippen LogP contribution in [0.1, 0.15) is 27.2 Å². The number of likely N-dealkylation sites (N-methyl/N-ethyl adjacent to an activating group) is 1. The SMILES string of the molecule is CC(=O)C(C)[N+](C)(C)C(C)(CC(=O)O)C(=O)[O-]. The molecule has 1 N–H and O–H groups in total. The van der Waals surface area contributed by atoms with Crippen LogP contribution < -0.4 is 5.11 Å². The molecule has 17 heavy (non-hydrogen) atoms. The lowest BCUT2D eigenvalue weighted by Gasteiger charge is -2.49. The Morgan fingerprint density at radius 3 is 2.00 bits per heavy atom. The van der Waals surface area contributed by atoms with Gasteiger partial charge in [0.15, 0.2) is 5.78 Å². The maximum Gasteiger partial charge on any atom is 0.310 e. The fourth-order valence-electron chi connectivity index (χ4n) is 1.69. The van der Waals surface area contributed by atoms with E-state index in [0.717, 1.165) is 0 Å². The van der Waals surface area contributed by atoms with Crippen molar-refractivity contribution < 1.29 is 29.1 Å². The second-order valence-electron chi connectivity index (χ2n) is 4.96. The third kappa shape index (κ3) is 2.82.